The van der Waals surface area contributed by atoms with Crippen molar-refractivity contribution in [2.45, 2.75) is 19.4 Å². The summed E-state index contributed by atoms with van der Waals surface area (Å²) < 4.78 is 4.93. The Morgan fingerprint density at radius 3 is 2.75 bits per heavy atom. The lowest BCUT2D eigenvalue weighted by Crippen LogP contribution is -2.08. The van der Waals surface area contributed by atoms with Gasteiger partial charge in [0.1, 0.15) is 0 Å². The number of hydrogen-bond donors (Lipinski definition) is 1. The Bertz CT molecular complexity index is 233. The van der Waals surface area contributed by atoms with Crippen LogP contribution in [0.25, 0.3) is 0 Å². The molecule has 1 aromatic rings. The summed E-state index contributed by atoms with van der Waals surface area (Å²) in [4.78, 5) is 4.06. The highest BCUT2D eigenvalue weighted by molar-refractivity contribution is 5.20. The standard InChI is InChI=1S/C9H14N2O/c1-3-8(10)7-4-5-9(12-2)11-6-7/h4-6,8H,3,10H2,1-2H3/t8-/m0/s1. The SMILES string of the molecule is CC[C@H](N)c1ccc(OC)nc1. The number of ether oxygens (including phenoxy) is 1. The fourth-order valence-corrected chi connectivity index (χ4v) is 0.968. The van der Waals surface area contributed by atoms with Gasteiger partial charge in [-0.25, -0.2) is 4.98 Å². The molecule has 0 fully saturated rings. The van der Waals surface area contributed by atoms with Gasteiger partial charge in [-0.05, 0) is 12.0 Å². The monoisotopic (exact) mass is 166 g/mol. The van der Waals surface area contributed by atoms with Crippen LogP contribution in [-0.4, -0.2) is 12.1 Å². The normalized spacial score (nSPS) is 12.6. The first-order valence-electron chi connectivity index (χ1n) is 4.03. The second-order valence-electron chi connectivity index (χ2n) is 2.65. The van der Waals surface area contributed by atoms with Crippen LogP contribution >= 0.6 is 0 Å². The molecule has 0 aliphatic carbocycles. The Hall–Kier alpha value is -1.09. The fourth-order valence-electron chi connectivity index (χ4n) is 0.968. The van der Waals surface area contributed by atoms with E-state index >= 15 is 0 Å². The van der Waals surface area contributed by atoms with Crippen molar-refractivity contribution in [3.8, 4) is 5.88 Å². The molecule has 1 atom stereocenters. The summed E-state index contributed by atoms with van der Waals surface area (Å²) in [6.45, 7) is 2.05. The summed E-state index contributed by atoms with van der Waals surface area (Å²) in [5, 5.41) is 0. The average Bonchev–Trinajstić information content (AvgIpc) is 2.17. The second-order valence-corrected chi connectivity index (χ2v) is 2.65. The first-order chi connectivity index (χ1) is 5.77. The summed E-state index contributed by atoms with van der Waals surface area (Å²) >= 11 is 0. The lowest BCUT2D eigenvalue weighted by molar-refractivity contribution is 0.397. The van der Waals surface area contributed by atoms with E-state index in [4.69, 9.17) is 10.5 Å². The van der Waals surface area contributed by atoms with Crippen molar-refractivity contribution in [3.05, 3.63) is 23.9 Å². The number of pyridine rings is 1. The van der Waals surface area contributed by atoms with E-state index in [1.807, 2.05) is 12.1 Å². The molecule has 1 rings (SSSR count). The van der Waals surface area contributed by atoms with Crippen LogP contribution in [-0.2, 0) is 0 Å². The molecular weight excluding hydrogens is 152 g/mol. The van der Waals surface area contributed by atoms with Crippen molar-refractivity contribution in [1.82, 2.24) is 4.98 Å². The zero-order chi connectivity index (χ0) is 8.97. The molecule has 3 heteroatoms. The van der Waals surface area contributed by atoms with E-state index in [0.717, 1.165) is 12.0 Å². The third-order valence-electron chi connectivity index (χ3n) is 1.84. The van der Waals surface area contributed by atoms with Gasteiger partial charge in [-0.15, -0.1) is 0 Å². The van der Waals surface area contributed by atoms with E-state index in [-0.39, 0.29) is 6.04 Å². The van der Waals surface area contributed by atoms with E-state index in [1.165, 1.54) is 0 Å². The van der Waals surface area contributed by atoms with Gasteiger partial charge in [0.25, 0.3) is 0 Å². The molecule has 1 heterocycles. The smallest absolute Gasteiger partial charge is 0.212 e. The predicted octanol–water partition coefficient (Wildman–Crippen LogP) is 1.50. The van der Waals surface area contributed by atoms with Crippen LogP contribution in [0.3, 0.4) is 0 Å². The first-order valence-corrected chi connectivity index (χ1v) is 4.03. The molecule has 0 unspecified atom stereocenters. The van der Waals surface area contributed by atoms with Crippen LogP contribution in [0.2, 0.25) is 0 Å². The fraction of sp³-hybridized carbons (Fsp3) is 0.444. The lowest BCUT2D eigenvalue weighted by atomic mass is 10.1. The first kappa shape index (κ1) is 9.00. The minimum absolute atomic E-state index is 0.0865. The van der Waals surface area contributed by atoms with Gasteiger partial charge in [0, 0.05) is 18.3 Å². The van der Waals surface area contributed by atoms with Crippen molar-refractivity contribution in [2.75, 3.05) is 7.11 Å². The van der Waals surface area contributed by atoms with Crippen LogP contribution in [0, 0.1) is 0 Å². The zero-order valence-electron chi connectivity index (χ0n) is 7.45. The van der Waals surface area contributed by atoms with Crippen molar-refractivity contribution in [3.63, 3.8) is 0 Å². The molecule has 0 aliphatic heterocycles. The summed E-state index contributed by atoms with van der Waals surface area (Å²) in [6.07, 6.45) is 2.68. The largest absolute Gasteiger partial charge is 0.481 e. The Kier molecular flexibility index (Phi) is 3.05. The van der Waals surface area contributed by atoms with Crippen molar-refractivity contribution < 1.29 is 4.74 Å². The van der Waals surface area contributed by atoms with E-state index in [9.17, 15) is 0 Å². The molecule has 0 bridgehead atoms. The third-order valence-corrected chi connectivity index (χ3v) is 1.84. The van der Waals surface area contributed by atoms with Gasteiger partial charge in [-0.2, -0.15) is 0 Å². The van der Waals surface area contributed by atoms with Gasteiger partial charge in [0.2, 0.25) is 5.88 Å². The number of methoxy groups -OCH3 is 1. The predicted molar refractivity (Wildman–Crippen MR) is 48.0 cm³/mol. The molecule has 0 aromatic carbocycles. The van der Waals surface area contributed by atoms with Gasteiger partial charge in [-0.3, -0.25) is 0 Å². The minimum Gasteiger partial charge on any atom is -0.481 e. The molecule has 2 N–H and O–H groups in total. The molecule has 0 saturated carbocycles. The van der Waals surface area contributed by atoms with Gasteiger partial charge in [0.15, 0.2) is 0 Å². The molecule has 0 saturated heterocycles. The zero-order valence-corrected chi connectivity index (χ0v) is 7.45. The maximum Gasteiger partial charge on any atom is 0.212 e. The van der Waals surface area contributed by atoms with E-state index in [0.29, 0.717) is 5.88 Å². The van der Waals surface area contributed by atoms with E-state index < -0.39 is 0 Å². The van der Waals surface area contributed by atoms with Gasteiger partial charge in [-0.1, -0.05) is 13.0 Å². The maximum absolute atomic E-state index is 5.80. The number of nitrogens with two attached hydrogens (primary N) is 1. The molecule has 66 valence electrons. The van der Waals surface area contributed by atoms with Crippen LogP contribution in [0.1, 0.15) is 24.9 Å². The van der Waals surface area contributed by atoms with Crippen LogP contribution in [0.4, 0.5) is 0 Å². The molecule has 3 nitrogen and oxygen atoms in total. The van der Waals surface area contributed by atoms with E-state index in [2.05, 4.69) is 11.9 Å². The minimum atomic E-state index is 0.0865. The number of rotatable bonds is 3. The van der Waals surface area contributed by atoms with E-state index in [1.54, 1.807) is 13.3 Å². The molecule has 0 aliphatic rings. The molecule has 1 aromatic heterocycles. The van der Waals surface area contributed by atoms with Crippen LogP contribution in [0.15, 0.2) is 18.3 Å². The van der Waals surface area contributed by atoms with Crippen LogP contribution < -0.4 is 10.5 Å². The van der Waals surface area contributed by atoms with Crippen molar-refractivity contribution in [2.24, 2.45) is 5.73 Å². The average molecular weight is 166 g/mol. The Morgan fingerprint density at radius 2 is 2.33 bits per heavy atom. The Morgan fingerprint density at radius 1 is 1.58 bits per heavy atom. The van der Waals surface area contributed by atoms with Crippen molar-refractivity contribution in [1.29, 1.82) is 0 Å². The van der Waals surface area contributed by atoms with Gasteiger partial charge >= 0.3 is 0 Å². The summed E-state index contributed by atoms with van der Waals surface area (Å²) in [5.41, 5.74) is 6.86. The molecular formula is C9H14N2O. The number of aromatic nitrogens is 1. The van der Waals surface area contributed by atoms with Crippen molar-refractivity contribution >= 4 is 0 Å². The van der Waals surface area contributed by atoms with Crippen LogP contribution in [0.5, 0.6) is 5.88 Å². The number of nitrogens with zero attached hydrogens (tertiary/aromatic N) is 1. The topological polar surface area (TPSA) is 48.1 Å². The highest BCUT2D eigenvalue weighted by atomic mass is 16.5. The lowest BCUT2D eigenvalue weighted by Gasteiger charge is -2.08. The molecule has 12 heavy (non-hydrogen) atoms. The second kappa shape index (κ2) is 4.07. The third kappa shape index (κ3) is 1.95. The molecule has 0 radical (unpaired) electrons. The highest BCUT2D eigenvalue weighted by Crippen LogP contribution is 2.14. The number of hydrogen-bond acceptors (Lipinski definition) is 3. The highest BCUT2D eigenvalue weighted by Gasteiger charge is 2.02. The molecule has 0 amide bonds. The van der Waals surface area contributed by atoms with Gasteiger partial charge in [0.05, 0.1) is 7.11 Å². The van der Waals surface area contributed by atoms with Gasteiger partial charge < -0.3 is 10.5 Å². The molecule has 0 spiro atoms. The quantitative estimate of drug-likeness (QED) is 0.740. The maximum atomic E-state index is 5.80. The Balaban J connectivity index is 2.77. The summed E-state index contributed by atoms with van der Waals surface area (Å²) in [7, 11) is 1.60. The summed E-state index contributed by atoms with van der Waals surface area (Å²) in [5.74, 6) is 0.627. The Labute approximate surface area is 72.6 Å². The summed E-state index contributed by atoms with van der Waals surface area (Å²) in [6, 6.07) is 3.86.